The Hall–Kier alpha value is -1.51. The SMILES string of the molecule is CCNC(=NCC#Cc1ccc(C(F)(F)F)cc1)N1CCC(OCCCOC)CC1.I. The normalized spacial score (nSPS) is 15.1. The number of benzene rings is 1. The molecule has 0 atom stereocenters. The van der Waals surface area contributed by atoms with Crippen LogP contribution in [0.4, 0.5) is 13.2 Å². The number of hydrogen-bond donors (Lipinski definition) is 1. The fourth-order valence-corrected chi connectivity index (χ4v) is 3.11. The average molecular weight is 553 g/mol. The second-order valence-corrected chi connectivity index (χ2v) is 6.95. The van der Waals surface area contributed by atoms with E-state index in [1.54, 1.807) is 7.11 Å². The van der Waals surface area contributed by atoms with E-state index < -0.39 is 11.7 Å². The zero-order valence-electron chi connectivity index (χ0n) is 18.0. The lowest BCUT2D eigenvalue weighted by Gasteiger charge is -2.34. The number of rotatable bonds is 7. The van der Waals surface area contributed by atoms with Crippen LogP contribution in [0.3, 0.4) is 0 Å². The summed E-state index contributed by atoms with van der Waals surface area (Å²) < 4.78 is 48.7. The Kier molecular flexibility index (Phi) is 12.9. The van der Waals surface area contributed by atoms with Gasteiger partial charge in [-0.2, -0.15) is 13.2 Å². The lowest BCUT2D eigenvalue weighted by Crippen LogP contribution is -2.47. The van der Waals surface area contributed by atoms with E-state index in [1.165, 1.54) is 12.1 Å². The highest BCUT2D eigenvalue weighted by atomic mass is 127. The molecular formula is C22H31F3IN3O2. The molecule has 0 radical (unpaired) electrons. The minimum Gasteiger partial charge on any atom is -0.385 e. The van der Waals surface area contributed by atoms with Crippen molar-refractivity contribution in [2.24, 2.45) is 4.99 Å². The van der Waals surface area contributed by atoms with Crippen LogP contribution in [0.1, 0.15) is 37.3 Å². The quantitative estimate of drug-likeness (QED) is 0.181. The third-order valence-electron chi connectivity index (χ3n) is 4.68. The molecule has 0 spiro atoms. The van der Waals surface area contributed by atoms with Gasteiger partial charge in [-0.15, -0.1) is 24.0 Å². The molecule has 1 fully saturated rings. The lowest BCUT2D eigenvalue weighted by atomic mass is 10.1. The molecule has 1 N–H and O–H groups in total. The number of likely N-dealkylation sites (tertiary alicyclic amines) is 1. The van der Waals surface area contributed by atoms with E-state index in [0.29, 0.717) is 18.8 Å². The summed E-state index contributed by atoms with van der Waals surface area (Å²) >= 11 is 0. The van der Waals surface area contributed by atoms with Gasteiger partial charge in [0, 0.05) is 45.5 Å². The summed E-state index contributed by atoms with van der Waals surface area (Å²) in [4.78, 5) is 6.73. The summed E-state index contributed by atoms with van der Waals surface area (Å²) in [6.45, 7) is 6.17. The average Bonchev–Trinajstić information content (AvgIpc) is 2.74. The van der Waals surface area contributed by atoms with Crippen molar-refractivity contribution in [1.82, 2.24) is 10.2 Å². The van der Waals surface area contributed by atoms with Gasteiger partial charge in [-0.1, -0.05) is 11.8 Å². The maximum Gasteiger partial charge on any atom is 0.416 e. The Morgan fingerprint density at radius 3 is 2.45 bits per heavy atom. The molecule has 1 aromatic rings. The molecule has 174 valence electrons. The molecule has 0 unspecified atom stereocenters. The predicted molar refractivity (Wildman–Crippen MR) is 127 cm³/mol. The van der Waals surface area contributed by atoms with Crippen LogP contribution in [0.2, 0.25) is 0 Å². The van der Waals surface area contributed by atoms with Gasteiger partial charge in [0.05, 0.1) is 11.7 Å². The fraction of sp³-hybridized carbons (Fsp3) is 0.591. The number of alkyl halides is 3. The van der Waals surface area contributed by atoms with Crippen LogP contribution in [-0.2, 0) is 15.7 Å². The number of methoxy groups -OCH3 is 1. The third kappa shape index (κ3) is 10.1. The number of aliphatic imine (C=N–C) groups is 1. The van der Waals surface area contributed by atoms with E-state index in [0.717, 1.165) is 57.0 Å². The van der Waals surface area contributed by atoms with Crippen molar-refractivity contribution in [2.75, 3.05) is 46.5 Å². The minimum atomic E-state index is -4.33. The van der Waals surface area contributed by atoms with Crippen LogP contribution < -0.4 is 5.32 Å². The van der Waals surface area contributed by atoms with Gasteiger partial charge in [0.25, 0.3) is 0 Å². The maximum absolute atomic E-state index is 12.6. The molecule has 0 bridgehead atoms. The van der Waals surface area contributed by atoms with Gasteiger partial charge >= 0.3 is 6.18 Å². The number of ether oxygens (including phenoxy) is 2. The van der Waals surface area contributed by atoms with E-state index in [2.05, 4.69) is 27.0 Å². The van der Waals surface area contributed by atoms with Crippen molar-refractivity contribution in [3.8, 4) is 11.8 Å². The standard InChI is InChI=1S/C22H30F3N3O2.HI/c1-3-26-21(28-14-11-20(12-15-28)30-17-5-16-29-2)27-13-4-6-18-7-9-19(10-8-18)22(23,24)25;/h7-10,20H,3,5,11-17H2,1-2H3,(H,26,27);1H. The zero-order valence-corrected chi connectivity index (χ0v) is 20.3. The van der Waals surface area contributed by atoms with Gasteiger partial charge in [0.1, 0.15) is 6.54 Å². The highest BCUT2D eigenvalue weighted by Crippen LogP contribution is 2.28. The molecule has 1 saturated heterocycles. The van der Waals surface area contributed by atoms with E-state index in [-0.39, 0.29) is 36.6 Å². The third-order valence-corrected chi connectivity index (χ3v) is 4.68. The topological polar surface area (TPSA) is 46.1 Å². The van der Waals surface area contributed by atoms with Gasteiger partial charge in [0.2, 0.25) is 0 Å². The summed E-state index contributed by atoms with van der Waals surface area (Å²) in [6.07, 6.45) is -1.29. The summed E-state index contributed by atoms with van der Waals surface area (Å²) in [5, 5.41) is 3.28. The van der Waals surface area contributed by atoms with Gasteiger partial charge < -0.3 is 19.7 Å². The minimum absolute atomic E-state index is 0. The highest BCUT2D eigenvalue weighted by Gasteiger charge is 2.29. The summed E-state index contributed by atoms with van der Waals surface area (Å²) in [5.74, 6) is 6.58. The molecule has 0 aliphatic carbocycles. The van der Waals surface area contributed by atoms with Gasteiger partial charge in [0.15, 0.2) is 5.96 Å². The Morgan fingerprint density at radius 2 is 1.87 bits per heavy atom. The molecule has 1 aromatic carbocycles. The summed E-state index contributed by atoms with van der Waals surface area (Å²) in [6, 6.07) is 4.84. The molecule has 0 saturated carbocycles. The summed E-state index contributed by atoms with van der Waals surface area (Å²) in [5.41, 5.74) is -0.138. The van der Waals surface area contributed by atoms with Crippen LogP contribution in [-0.4, -0.2) is 63.5 Å². The van der Waals surface area contributed by atoms with Gasteiger partial charge in [-0.05, 0) is 50.5 Å². The smallest absolute Gasteiger partial charge is 0.385 e. The molecule has 0 amide bonds. The molecule has 1 aliphatic heterocycles. The van der Waals surface area contributed by atoms with Gasteiger partial charge in [-0.25, -0.2) is 4.99 Å². The largest absolute Gasteiger partial charge is 0.416 e. The first-order valence-corrected chi connectivity index (χ1v) is 10.2. The Bertz CT molecular complexity index is 722. The van der Waals surface area contributed by atoms with Crippen molar-refractivity contribution in [1.29, 1.82) is 0 Å². The van der Waals surface area contributed by atoms with E-state index in [9.17, 15) is 13.2 Å². The Balaban J connectivity index is 0.00000480. The van der Waals surface area contributed by atoms with E-state index in [4.69, 9.17) is 9.47 Å². The van der Waals surface area contributed by atoms with Crippen LogP contribution >= 0.6 is 24.0 Å². The maximum atomic E-state index is 12.6. The number of hydrogen-bond acceptors (Lipinski definition) is 3. The van der Waals surface area contributed by atoms with Crippen molar-refractivity contribution < 1.29 is 22.6 Å². The second kappa shape index (κ2) is 14.5. The molecule has 5 nitrogen and oxygen atoms in total. The van der Waals surface area contributed by atoms with E-state index in [1.807, 2.05) is 6.92 Å². The molecule has 1 heterocycles. The van der Waals surface area contributed by atoms with Crippen LogP contribution in [0.5, 0.6) is 0 Å². The van der Waals surface area contributed by atoms with Crippen LogP contribution in [0.25, 0.3) is 0 Å². The number of guanidine groups is 1. The number of nitrogens with one attached hydrogen (secondary N) is 1. The Morgan fingerprint density at radius 1 is 1.19 bits per heavy atom. The van der Waals surface area contributed by atoms with E-state index >= 15 is 0 Å². The molecule has 2 rings (SSSR count). The zero-order chi connectivity index (χ0) is 21.8. The Labute approximate surface area is 199 Å². The van der Waals surface area contributed by atoms with Crippen molar-refractivity contribution >= 4 is 29.9 Å². The highest BCUT2D eigenvalue weighted by molar-refractivity contribution is 14.0. The monoisotopic (exact) mass is 553 g/mol. The molecule has 31 heavy (non-hydrogen) atoms. The molecule has 1 aliphatic rings. The van der Waals surface area contributed by atoms with Crippen LogP contribution in [0, 0.1) is 11.8 Å². The van der Waals surface area contributed by atoms with Crippen molar-refractivity contribution in [2.45, 2.75) is 38.5 Å². The first kappa shape index (κ1) is 27.5. The first-order valence-electron chi connectivity index (χ1n) is 10.2. The number of halogens is 4. The van der Waals surface area contributed by atoms with Crippen molar-refractivity contribution in [3.63, 3.8) is 0 Å². The number of piperidine rings is 1. The number of nitrogens with zero attached hydrogens (tertiary/aromatic N) is 2. The van der Waals surface area contributed by atoms with Gasteiger partial charge in [-0.3, -0.25) is 0 Å². The molecule has 0 aromatic heterocycles. The fourth-order valence-electron chi connectivity index (χ4n) is 3.11. The lowest BCUT2D eigenvalue weighted by molar-refractivity contribution is -0.137. The predicted octanol–water partition coefficient (Wildman–Crippen LogP) is 4.16. The summed E-state index contributed by atoms with van der Waals surface area (Å²) in [7, 11) is 1.69. The first-order chi connectivity index (χ1) is 14.4. The second-order valence-electron chi connectivity index (χ2n) is 6.95. The van der Waals surface area contributed by atoms with Crippen molar-refractivity contribution in [3.05, 3.63) is 35.4 Å². The van der Waals surface area contributed by atoms with Crippen LogP contribution in [0.15, 0.2) is 29.3 Å². The molecular weight excluding hydrogens is 522 g/mol. The molecule has 9 heteroatoms.